The molecule has 0 radical (unpaired) electrons. The van der Waals surface area contributed by atoms with Crippen LogP contribution in [0.15, 0.2) is 60.8 Å². The Balaban J connectivity index is 4.15. The van der Waals surface area contributed by atoms with E-state index < -0.39 is 63.3 Å². The molecule has 406 valence electrons. The van der Waals surface area contributed by atoms with E-state index in [0.717, 1.165) is 36.8 Å². The van der Waals surface area contributed by atoms with Crippen molar-refractivity contribution in [3.05, 3.63) is 60.8 Å². The highest BCUT2D eigenvalue weighted by Gasteiger charge is 2.51. The van der Waals surface area contributed by atoms with E-state index in [4.69, 9.17) is 27.2 Å². The van der Waals surface area contributed by atoms with Crippen LogP contribution in [-0.2, 0) is 36.8 Å². The first-order valence-corrected chi connectivity index (χ1v) is 38.3. The highest BCUT2D eigenvalue weighted by Crippen LogP contribution is 2.47. The van der Waals surface area contributed by atoms with Gasteiger partial charge in [-0.1, -0.05) is 133 Å². The zero-order valence-corrected chi connectivity index (χ0v) is 54.3. The third-order valence-electron chi connectivity index (χ3n) is 16.8. The van der Waals surface area contributed by atoms with Gasteiger partial charge in [-0.15, -0.1) is 13.2 Å². The molecule has 0 N–H and O–H groups in total. The van der Waals surface area contributed by atoms with Gasteiger partial charge in [0.2, 0.25) is 0 Å². The molecule has 0 aromatic heterocycles. The number of epoxide rings is 1. The Labute approximate surface area is 436 Å². The first-order valence-electron chi connectivity index (χ1n) is 26.7. The van der Waals surface area contributed by atoms with Gasteiger partial charge < -0.3 is 27.2 Å². The summed E-state index contributed by atoms with van der Waals surface area (Å²) in [5, 5.41) is -0.538. The molecule has 0 spiro atoms. The van der Waals surface area contributed by atoms with Crippen molar-refractivity contribution in [2.45, 2.75) is 284 Å². The molecule has 0 amide bonds. The van der Waals surface area contributed by atoms with Gasteiger partial charge in [-0.2, -0.15) is 0 Å². The minimum Gasteiger partial charge on any atom is -0.459 e. The van der Waals surface area contributed by atoms with E-state index >= 15 is 4.79 Å². The summed E-state index contributed by atoms with van der Waals surface area (Å²) < 4.78 is 41.9. The highest BCUT2D eigenvalue weighted by molar-refractivity contribution is 6.75. The Morgan fingerprint density at radius 1 is 0.686 bits per heavy atom. The average Bonchev–Trinajstić information content (AvgIpc) is 3.91. The smallest absolute Gasteiger partial charge is 0.333 e. The zero-order chi connectivity index (χ0) is 55.0. The Bertz CT molecular complexity index is 1820. The lowest BCUT2D eigenvalue weighted by atomic mass is 9.85. The van der Waals surface area contributed by atoms with Gasteiger partial charge in [0, 0.05) is 18.4 Å². The molecule has 1 rings (SSSR count). The quantitative estimate of drug-likeness (QED) is 0.0139. The fourth-order valence-corrected chi connectivity index (χ4v) is 13.5. The van der Waals surface area contributed by atoms with E-state index in [9.17, 15) is 4.79 Å². The van der Waals surface area contributed by atoms with E-state index in [2.05, 4.69) is 189 Å². The number of hydrogen-bond donors (Lipinski definition) is 0. The fourth-order valence-electron chi connectivity index (χ4n) is 7.81. The summed E-state index contributed by atoms with van der Waals surface area (Å²) in [6.07, 6.45) is 10.2. The summed E-state index contributed by atoms with van der Waals surface area (Å²) >= 11 is 0. The van der Waals surface area contributed by atoms with Crippen LogP contribution >= 0.6 is 0 Å². The summed E-state index contributed by atoms with van der Waals surface area (Å²) in [6.45, 7) is 69.9. The van der Waals surface area contributed by atoms with Crippen molar-refractivity contribution in [3.8, 4) is 0 Å². The molecule has 70 heavy (non-hydrogen) atoms. The van der Waals surface area contributed by atoms with Crippen LogP contribution in [0.5, 0.6) is 0 Å². The summed E-state index contributed by atoms with van der Waals surface area (Å²) in [5.74, 6) is -0.178. The van der Waals surface area contributed by atoms with Crippen molar-refractivity contribution in [1.29, 1.82) is 0 Å². The molecule has 1 aliphatic heterocycles. The van der Waals surface area contributed by atoms with Crippen LogP contribution in [0, 0.1) is 11.8 Å². The van der Waals surface area contributed by atoms with Crippen LogP contribution in [0.4, 0.5) is 0 Å². The molecule has 0 saturated carbocycles. The standard InChI is InChI=1S/C58H110O8Si4/c1-30-32-33-34-43(5)53(60)61-46(8)38-44(6)51(64-68(24,25)55(12,13)14)52(65-69(26,27)56(15,16)17)48(59)39-47(63-67(22,23)54(9,10)11)40-58(21,66-70(28,29)57(18,19)20)45(7)36-41(3)35-42(4)37-50-49(31-2)62-50/h30-31,34,36,42,44,46-47,49-52H,1-3,32-33,35,37-40H2,4-29H3/b43-34+,45-36+/t42-,44-,46+,47-,49+,50+,51+,52+,58-/m1/s1. The number of hydrogen-bond acceptors (Lipinski definition) is 8. The average molecular weight is 1050 g/mol. The maximum atomic E-state index is 16.0. The van der Waals surface area contributed by atoms with Crippen molar-refractivity contribution in [1.82, 2.24) is 0 Å². The third kappa shape index (κ3) is 20.0. The second-order valence-corrected chi connectivity index (χ2v) is 46.7. The molecule has 1 fully saturated rings. The van der Waals surface area contributed by atoms with Crippen molar-refractivity contribution in [2.24, 2.45) is 11.8 Å². The molecule has 0 aromatic rings. The SMILES string of the molecule is C=CCC/C=C(\C)C(=O)O[C@@H](C)C[C@@H](C)[C@H](O[Si](C)(C)C(C)(C)C)[C@@H](O[Si](C)(C)C(C)(C)C)C(=O)C[C@H](C[C@@](C)(O[Si](C)(C)C(C)(C)C)/C(C)=C/C(=C)C[C@@H](C)C[C@@H]1O[C@H]1C=C)O[Si](C)(C)C(C)(C)C. The van der Waals surface area contributed by atoms with Gasteiger partial charge in [-0.25, -0.2) is 4.79 Å². The number of ether oxygens (including phenoxy) is 2. The Hall–Kier alpha value is -1.49. The Morgan fingerprint density at radius 3 is 1.63 bits per heavy atom. The van der Waals surface area contributed by atoms with E-state index in [0.29, 0.717) is 24.3 Å². The molecule has 0 bridgehead atoms. The first-order chi connectivity index (χ1) is 31.3. The van der Waals surface area contributed by atoms with Gasteiger partial charge >= 0.3 is 5.97 Å². The number of carbonyl (C=O) groups excluding carboxylic acids is 2. The Kier molecular flexibility index (Phi) is 24.1. The highest BCUT2D eigenvalue weighted by atomic mass is 28.4. The molecule has 0 aliphatic carbocycles. The molecule has 8 nitrogen and oxygen atoms in total. The van der Waals surface area contributed by atoms with Crippen LogP contribution < -0.4 is 0 Å². The van der Waals surface area contributed by atoms with Gasteiger partial charge in [0.25, 0.3) is 0 Å². The number of unbranched alkanes of at least 4 members (excludes halogenated alkanes) is 1. The number of Topliss-reactive ketones (excluding diaryl/α,β-unsaturated/α-hetero) is 1. The molecule has 1 heterocycles. The predicted octanol–water partition coefficient (Wildman–Crippen LogP) is 17.0. The summed E-state index contributed by atoms with van der Waals surface area (Å²) in [7, 11) is -10.0. The van der Waals surface area contributed by atoms with Crippen LogP contribution in [-0.4, -0.2) is 87.2 Å². The summed E-state index contributed by atoms with van der Waals surface area (Å²) in [4.78, 5) is 29.3. The second-order valence-electron chi connectivity index (χ2n) is 27.7. The van der Waals surface area contributed by atoms with Crippen molar-refractivity contribution < 1.29 is 36.8 Å². The normalized spacial score (nSPS) is 20.7. The third-order valence-corrected chi connectivity index (χ3v) is 34.8. The van der Waals surface area contributed by atoms with Gasteiger partial charge in [0.05, 0.1) is 30.0 Å². The Morgan fingerprint density at radius 2 is 1.17 bits per heavy atom. The van der Waals surface area contributed by atoms with Gasteiger partial charge in [-0.05, 0) is 150 Å². The maximum absolute atomic E-state index is 16.0. The zero-order valence-electron chi connectivity index (χ0n) is 50.3. The summed E-state index contributed by atoms with van der Waals surface area (Å²) in [5.41, 5.74) is 1.92. The second kappa shape index (κ2) is 25.4. The van der Waals surface area contributed by atoms with Crippen LogP contribution in [0.3, 0.4) is 0 Å². The maximum Gasteiger partial charge on any atom is 0.333 e. The number of esters is 1. The molecular weight excluding hydrogens is 937 g/mol. The van der Waals surface area contributed by atoms with Gasteiger partial charge in [0.15, 0.2) is 39.1 Å². The monoisotopic (exact) mass is 1050 g/mol. The lowest BCUT2D eigenvalue weighted by molar-refractivity contribution is -0.146. The number of allylic oxidation sites excluding steroid dienone is 4. The molecular formula is C58H110O8Si4. The van der Waals surface area contributed by atoms with Crippen molar-refractivity contribution in [2.75, 3.05) is 0 Å². The van der Waals surface area contributed by atoms with E-state index in [1.54, 1.807) is 6.92 Å². The predicted molar refractivity (Wildman–Crippen MR) is 310 cm³/mol. The van der Waals surface area contributed by atoms with E-state index in [1.165, 1.54) is 0 Å². The largest absolute Gasteiger partial charge is 0.459 e. The van der Waals surface area contributed by atoms with Gasteiger partial charge in [-0.3, -0.25) is 4.79 Å². The van der Waals surface area contributed by atoms with E-state index in [-0.39, 0.29) is 56.5 Å². The van der Waals surface area contributed by atoms with Crippen LogP contribution in [0.1, 0.15) is 170 Å². The number of ketones is 1. The molecule has 12 heteroatoms. The molecule has 0 unspecified atom stereocenters. The van der Waals surface area contributed by atoms with Crippen molar-refractivity contribution in [3.63, 3.8) is 0 Å². The molecule has 0 aromatic carbocycles. The van der Waals surface area contributed by atoms with Gasteiger partial charge in [0.1, 0.15) is 12.2 Å². The first kappa shape index (κ1) is 66.5. The number of rotatable bonds is 29. The minimum atomic E-state index is -2.62. The van der Waals surface area contributed by atoms with Crippen molar-refractivity contribution >= 4 is 45.0 Å². The lowest BCUT2D eigenvalue weighted by Crippen LogP contribution is -2.57. The summed E-state index contributed by atoms with van der Waals surface area (Å²) in [6, 6.07) is 0. The van der Waals surface area contributed by atoms with Crippen LogP contribution in [0.25, 0.3) is 0 Å². The fraction of sp³-hybridized carbons (Fsp3) is 0.793. The molecule has 9 atom stereocenters. The molecule has 1 saturated heterocycles. The van der Waals surface area contributed by atoms with E-state index in [1.807, 2.05) is 25.2 Å². The minimum absolute atomic E-state index is 0.0237. The van der Waals surface area contributed by atoms with Crippen LogP contribution in [0.2, 0.25) is 72.5 Å². The topological polar surface area (TPSA) is 92.8 Å². The number of carbonyl (C=O) groups is 2. The molecule has 1 aliphatic rings. The lowest BCUT2D eigenvalue weighted by Gasteiger charge is -2.48.